The van der Waals surface area contributed by atoms with Crippen molar-refractivity contribution in [3.63, 3.8) is 0 Å². The molecule has 0 radical (unpaired) electrons. The molecule has 1 N–H and O–H groups in total. The Morgan fingerprint density at radius 2 is 1.93 bits per heavy atom. The summed E-state index contributed by atoms with van der Waals surface area (Å²) in [7, 11) is 0. The molecule has 1 aliphatic carbocycles. The van der Waals surface area contributed by atoms with E-state index >= 15 is 0 Å². The monoisotopic (exact) mass is 390 g/mol. The topological polar surface area (TPSA) is 48.5 Å². The highest BCUT2D eigenvalue weighted by molar-refractivity contribution is 5.92. The van der Waals surface area contributed by atoms with Gasteiger partial charge in [0.05, 0.1) is 5.69 Å². The molecule has 6 heteroatoms. The molecule has 1 aromatic heterocycles. The number of amides is 1. The van der Waals surface area contributed by atoms with E-state index in [0.717, 1.165) is 32.1 Å². The number of nitrogens with one attached hydrogen (secondary N) is 1. The molecule has 2 fully saturated rings. The molecule has 1 aliphatic heterocycles. The molecule has 3 rings (SSSR count). The highest BCUT2D eigenvalue weighted by Crippen LogP contribution is 2.43. The van der Waals surface area contributed by atoms with Crippen molar-refractivity contribution in [1.82, 2.24) is 15.2 Å². The van der Waals surface area contributed by atoms with Gasteiger partial charge in [-0.25, -0.2) is 4.98 Å². The molecule has 2 heterocycles. The molecule has 2 aliphatic rings. The molecular formula is C22H35FN4O. The summed E-state index contributed by atoms with van der Waals surface area (Å²) in [6.45, 7) is 13.0. The normalized spacial score (nSPS) is 23.8. The molecule has 2 atom stereocenters. The number of carbonyl (C=O) groups excluding carboxylic acids is 1. The quantitative estimate of drug-likeness (QED) is 0.753. The molecule has 0 aromatic carbocycles. The zero-order valence-corrected chi connectivity index (χ0v) is 17.8. The number of hydrogen-bond donors (Lipinski definition) is 1. The van der Waals surface area contributed by atoms with Crippen LogP contribution in [0.5, 0.6) is 0 Å². The molecule has 0 spiro atoms. The molecule has 5 nitrogen and oxygen atoms in total. The van der Waals surface area contributed by atoms with Crippen LogP contribution in [0.1, 0.15) is 63.9 Å². The highest BCUT2D eigenvalue weighted by Gasteiger charge is 2.37. The maximum absolute atomic E-state index is 14.5. The van der Waals surface area contributed by atoms with Crippen molar-refractivity contribution < 1.29 is 9.18 Å². The lowest BCUT2D eigenvalue weighted by Gasteiger charge is -2.39. The van der Waals surface area contributed by atoms with Gasteiger partial charge in [-0.15, -0.1) is 0 Å². The Bertz CT molecular complexity index is 685. The molecule has 0 bridgehead atoms. The van der Waals surface area contributed by atoms with Crippen LogP contribution in [0.4, 0.5) is 10.1 Å². The summed E-state index contributed by atoms with van der Waals surface area (Å²) in [5.41, 5.74) is 1.07. The minimum atomic E-state index is -0.553. The molecular weight excluding hydrogens is 355 g/mol. The standard InChI is InChI=1S/C22H35FN4O/c1-5-22(3,4)16-7-8-17(15-16)26-11-13-27(14-12-26)19-10-9-18(25-20(19)23)21(28)24-6-2/h9-10,16-17H,5-8,11-15H2,1-4H3,(H,24,28). The average molecular weight is 391 g/mol. The summed E-state index contributed by atoms with van der Waals surface area (Å²) in [4.78, 5) is 20.4. The summed E-state index contributed by atoms with van der Waals surface area (Å²) in [6.07, 6.45) is 5.13. The summed E-state index contributed by atoms with van der Waals surface area (Å²) >= 11 is 0. The summed E-state index contributed by atoms with van der Waals surface area (Å²) in [5, 5.41) is 2.65. The van der Waals surface area contributed by atoms with Crippen LogP contribution in [-0.2, 0) is 0 Å². The first-order valence-electron chi connectivity index (χ1n) is 10.8. The molecule has 1 aromatic rings. The van der Waals surface area contributed by atoms with E-state index in [9.17, 15) is 9.18 Å². The van der Waals surface area contributed by atoms with Crippen LogP contribution in [0.2, 0.25) is 0 Å². The largest absolute Gasteiger partial charge is 0.365 e. The Labute approximate surface area is 168 Å². The second kappa shape index (κ2) is 8.76. The lowest BCUT2D eigenvalue weighted by atomic mass is 9.76. The van der Waals surface area contributed by atoms with E-state index in [0.29, 0.717) is 23.7 Å². The Hall–Kier alpha value is -1.69. The van der Waals surface area contributed by atoms with E-state index < -0.39 is 5.95 Å². The van der Waals surface area contributed by atoms with Crippen LogP contribution in [0.3, 0.4) is 0 Å². The van der Waals surface area contributed by atoms with E-state index in [2.05, 4.69) is 40.9 Å². The van der Waals surface area contributed by atoms with Crippen LogP contribution in [0.15, 0.2) is 12.1 Å². The summed E-state index contributed by atoms with van der Waals surface area (Å²) < 4.78 is 14.5. The van der Waals surface area contributed by atoms with Crippen LogP contribution >= 0.6 is 0 Å². The minimum Gasteiger partial charge on any atom is -0.365 e. The number of hydrogen-bond acceptors (Lipinski definition) is 4. The van der Waals surface area contributed by atoms with Crippen molar-refractivity contribution in [3.8, 4) is 0 Å². The maximum Gasteiger partial charge on any atom is 0.269 e. The fourth-order valence-corrected chi connectivity index (χ4v) is 4.66. The van der Waals surface area contributed by atoms with E-state index in [1.54, 1.807) is 12.1 Å². The summed E-state index contributed by atoms with van der Waals surface area (Å²) in [6, 6.07) is 3.98. The lowest BCUT2D eigenvalue weighted by molar-refractivity contribution is 0.0949. The van der Waals surface area contributed by atoms with E-state index in [-0.39, 0.29) is 11.6 Å². The van der Waals surface area contributed by atoms with Crippen LogP contribution in [0.25, 0.3) is 0 Å². The fraction of sp³-hybridized carbons (Fsp3) is 0.727. The number of rotatable bonds is 6. The highest BCUT2D eigenvalue weighted by atomic mass is 19.1. The second-order valence-corrected chi connectivity index (χ2v) is 8.89. The van der Waals surface area contributed by atoms with Crippen molar-refractivity contribution in [3.05, 3.63) is 23.8 Å². The second-order valence-electron chi connectivity index (χ2n) is 8.89. The predicted octanol–water partition coefficient (Wildman–Crippen LogP) is 3.70. The molecule has 1 saturated heterocycles. The van der Waals surface area contributed by atoms with Gasteiger partial charge in [0.1, 0.15) is 5.69 Å². The minimum absolute atomic E-state index is 0.136. The van der Waals surface area contributed by atoms with Crippen molar-refractivity contribution in [2.24, 2.45) is 11.3 Å². The zero-order valence-electron chi connectivity index (χ0n) is 17.8. The number of piperazine rings is 1. The van der Waals surface area contributed by atoms with Crippen molar-refractivity contribution in [1.29, 1.82) is 0 Å². The average Bonchev–Trinajstić information content (AvgIpc) is 3.19. The van der Waals surface area contributed by atoms with Gasteiger partial charge >= 0.3 is 0 Å². The van der Waals surface area contributed by atoms with Crippen molar-refractivity contribution in [2.45, 2.75) is 59.4 Å². The van der Waals surface area contributed by atoms with Gasteiger partial charge in [-0.3, -0.25) is 9.69 Å². The molecule has 156 valence electrons. The summed E-state index contributed by atoms with van der Waals surface area (Å²) in [5.74, 6) is -0.0737. The third kappa shape index (κ3) is 4.48. The first kappa shape index (κ1) is 21.0. The van der Waals surface area contributed by atoms with Gasteiger partial charge in [-0.1, -0.05) is 27.2 Å². The van der Waals surface area contributed by atoms with Gasteiger partial charge < -0.3 is 10.2 Å². The number of carbonyl (C=O) groups is 1. The number of nitrogens with zero attached hydrogens (tertiary/aromatic N) is 3. The predicted molar refractivity (Wildman–Crippen MR) is 111 cm³/mol. The Morgan fingerprint density at radius 3 is 2.54 bits per heavy atom. The molecule has 1 saturated carbocycles. The van der Waals surface area contributed by atoms with Gasteiger partial charge in [0, 0.05) is 38.8 Å². The van der Waals surface area contributed by atoms with Gasteiger partial charge in [-0.2, -0.15) is 4.39 Å². The van der Waals surface area contributed by atoms with Gasteiger partial charge in [-0.05, 0) is 49.7 Å². The van der Waals surface area contributed by atoms with Crippen LogP contribution in [0, 0.1) is 17.3 Å². The Morgan fingerprint density at radius 1 is 1.21 bits per heavy atom. The number of halogens is 1. The van der Waals surface area contributed by atoms with Crippen molar-refractivity contribution in [2.75, 3.05) is 37.6 Å². The third-order valence-corrected chi connectivity index (χ3v) is 6.99. The number of aromatic nitrogens is 1. The SMILES string of the molecule is CCNC(=O)c1ccc(N2CCN(C3CCC(C(C)(C)CC)C3)CC2)c(F)n1. The number of pyridine rings is 1. The van der Waals surface area contributed by atoms with Crippen LogP contribution < -0.4 is 10.2 Å². The smallest absolute Gasteiger partial charge is 0.269 e. The first-order chi connectivity index (χ1) is 13.4. The Balaban J connectivity index is 1.57. The van der Waals surface area contributed by atoms with Crippen molar-refractivity contribution >= 4 is 11.6 Å². The van der Waals surface area contributed by atoms with E-state index in [1.165, 1.54) is 25.7 Å². The zero-order chi connectivity index (χ0) is 20.3. The van der Waals surface area contributed by atoms with Gasteiger partial charge in [0.15, 0.2) is 0 Å². The molecule has 28 heavy (non-hydrogen) atoms. The lowest BCUT2D eigenvalue weighted by Crippen LogP contribution is -2.50. The first-order valence-corrected chi connectivity index (χ1v) is 10.8. The van der Waals surface area contributed by atoms with E-state index in [1.807, 2.05) is 6.92 Å². The van der Waals surface area contributed by atoms with Gasteiger partial charge in [0.25, 0.3) is 5.91 Å². The fourth-order valence-electron chi connectivity index (χ4n) is 4.66. The number of anilines is 1. The molecule has 2 unspecified atom stereocenters. The molecule has 1 amide bonds. The Kier molecular flexibility index (Phi) is 6.58. The third-order valence-electron chi connectivity index (χ3n) is 6.99. The van der Waals surface area contributed by atoms with Crippen LogP contribution in [-0.4, -0.2) is 54.6 Å². The van der Waals surface area contributed by atoms with E-state index in [4.69, 9.17) is 0 Å². The van der Waals surface area contributed by atoms with Gasteiger partial charge in [0.2, 0.25) is 5.95 Å². The maximum atomic E-state index is 14.5.